The average molecular weight is 812 g/mol. The van der Waals surface area contributed by atoms with Gasteiger partial charge < -0.3 is 19.8 Å². The van der Waals surface area contributed by atoms with Crippen molar-refractivity contribution in [2.24, 2.45) is 34.7 Å². The lowest BCUT2D eigenvalue weighted by molar-refractivity contribution is -0.123. The Morgan fingerprint density at radius 1 is 0.980 bits per heavy atom. The number of nitrogens with two attached hydrogens (primary N) is 1. The third-order valence-electron chi connectivity index (χ3n) is 10.3. The van der Waals surface area contributed by atoms with E-state index in [1.54, 1.807) is 30.0 Å². The minimum atomic E-state index is -3.86. The number of aromatic nitrogens is 1. The molecule has 2 saturated carbocycles. The molecule has 2 aliphatic carbocycles. The van der Waals surface area contributed by atoms with Gasteiger partial charge in [0, 0.05) is 26.2 Å². The maximum absolute atomic E-state index is 14.1. The molecule has 1 saturated heterocycles. The van der Waals surface area contributed by atoms with Crippen LogP contribution in [0.2, 0.25) is 0 Å². The van der Waals surface area contributed by atoms with Gasteiger partial charge in [-0.25, -0.2) is 13.6 Å². The molecular formula is C35H31BrN4O8S3. The number of benzene rings is 3. The number of imide groups is 1. The number of ether oxygens (including phenoxy) is 2. The molecule has 3 heterocycles. The van der Waals surface area contributed by atoms with Crippen molar-refractivity contribution in [3.05, 3.63) is 91.3 Å². The van der Waals surface area contributed by atoms with Gasteiger partial charge in [0.05, 0.1) is 34.1 Å². The lowest BCUT2D eigenvalue weighted by atomic mass is 9.68. The van der Waals surface area contributed by atoms with Crippen LogP contribution in [0.5, 0.6) is 11.5 Å². The van der Waals surface area contributed by atoms with Crippen molar-refractivity contribution in [1.29, 1.82) is 0 Å². The standard InChI is InChI=1S/C35H31BrN4O8S3/c1-2-47-24-13-16(3-12-23(24)48-15-25(41)38-18-6-10-20(11-7-18)51(37,45)46)26-27-21-14-22(30(27)49-32-31(26)50-35(44)39-32)29-28(21)33(42)40(34(29)43)19-8-4-17(36)5-9-19/h3-13,21-22,26-30H,2,14-15H2,1H3,(H,38,41)(H,39,44)(H2,37,45,46)/t21-,22-,26+,27-,28+,29+,30-/m1/s1. The van der Waals surface area contributed by atoms with Crippen LogP contribution < -0.4 is 29.7 Å². The van der Waals surface area contributed by atoms with Crippen LogP contribution in [0.3, 0.4) is 0 Å². The number of fused-ring (bicyclic) bond motifs is 9. The van der Waals surface area contributed by atoms with E-state index < -0.39 is 27.8 Å². The van der Waals surface area contributed by atoms with Gasteiger partial charge in [-0.1, -0.05) is 33.3 Å². The predicted octanol–water partition coefficient (Wildman–Crippen LogP) is 4.94. The van der Waals surface area contributed by atoms with E-state index in [4.69, 9.17) is 14.6 Å². The summed E-state index contributed by atoms with van der Waals surface area (Å²) in [5, 5.41) is 8.64. The summed E-state index contributed by atoms with van der Waals surface area (Å²) in [6, 6.07) is 18.2. The Morgan fingerprint density at radius 3 is 2.37 bits per heavy atom. The van der Waals surface area contributed by atoms with Crippen LogP contribution in [0.25, 0.3) is 0 Å². The molecule has 51 heavy (non-hydrogen) atoms. The zero-order chi connectivity index (χ0) is 35.8. The van der Waals surface area contributed by atoms with Crippen LogP contribution in [0.15, 0.2) is 85.9 Å². The number of anilines is 2. The van der Waals surface area contributed by atoms with Gasteiger partial charge in [0.15, 0.2) is 18.1 Å². The number of aromatic amines is 1. The molecule has 2 bridgehead atoms. The highest BCUT2D eigenvalue weighted by Gasteiger charge is 2.69. The lowest BCUT2D eigenvalue weighted by Crippen LogP contribution is -2.42. The van der Waals surface area contributed by atoms with E-state index in [9.17, 15) is 27.6 Å². The van der Waals surface area contributed by atoms with Crippen LogP contribution in [0.1, 0.15) is 29.7 Å². The number of thioether (sulfide) groups is 1. The van der Waals surface area contributed by atoms with Crippen LogP contribution in [0.4, 0.5) is 11.4 Å². The van der Waals surface area contributed by atoms with Crippen molar-refractivity contribution in [1.82, 2.24) is 4.98 Å². The van der Waals surface area contributed by atoms with Crippen molar-refractivity contribution in [3.8, 4) is 11.5 Å². The second-order valence-electron chi connectivity index (χ2n) is 13.0. The van der Waals surface area contributed by atoms with Crippen LogP contribution in [-0.2, 0) is 24.4 Å². The minimum Gasteiger partial charge on any atom is -0.490 e. The molecule has 0 radical (unpaired) electrons. The SMILES string of the molecule is CCOc1cc([C@@H]2c3sc(=O)[nH]c3S[C@@H]3[C@@H]4C[C@@H]([C@@H]5C(=O)N(c6ccc(Br)cc6)C(=O)[C@@H]45)[C@H]23)ccc1OCC(=O)Nc1ccc(S(N)(=O)=O)cc1. The quantitative estimate of drug-likeness (QED) is 0.198. The molecule has 1 aromatic heterocycles. The monoisotopic (exact) mass is 810 g/mol. The number of primary sulfonamides is 1. The van der Waals surface area contributed by atoms with Crippen LogP contribution in [-0.4, -0.2) is 49.6 Å². The second-order valence-corrected chi connectivity index (χ2v) is 17.7. The van der Waals surface area contributed by atoms with Crippen molar-refractivity contribution >= 4 is 78.1 Å². The molecule has 3 fully saturated rings. The van der Waals surface area contributed by atoms with E-state index in [-0.39, 0.29) is 57.1 Å². The first-order valence-electron chi connectivity index (χ1n) is 16.3. The maximum atomic E-state index is 14.1. The van der Waals surface area contributed by atoms with Gasteiger partial charge in [0.25, 0.3) is 5.91 Å². The second kappa shape index (κ2) is 12.9. The van der Waals surface area contributed by atoms with Gasteiger partial charge in [-0.05, 0) is 97.3 Å². The fraction of sp³-hybridized carbons (Fsp3) is 0.314. The fourth-order valence-electron chi connectivity index (χ4n) is 8.41. The highest BCUT2D eigenvalue weighted by atomic mass is 79.9. The Balaban J connectivity index is 1.07. The van der Waals surface area contributed by atoms with Crippen molar-refractivity contribution in [2.75, 3.05) is 23.4 Å². The van der Waals surface area contributed by atoms with E-state index in [2.05, 4.69) is 26.2 Å². The number of hydrogen-bond acceptors (Lipinski definition) is 10. The van der Waals surface area contributed by atoms with Gasteiger partial charge >= 0.3 is 4.87 Å². The number of amides is 3. The molecule has 2 aliphatic heterocycles. The van der Waals surface area contributed by atoms with Crippen molar-refractivity contribution in [3.63, 3.8) is 0 Å². The number of hydrogen-bond donors (Lipinski definition) is 3. The lowest BCUT2D eigenvalue weighted by Gasteiger charge is -2.43. The molecular weight excluding hydrogens is 781 g/mol. The summed E-state index contributed by atoms with van der Waals surface area (Å²) in [7, 11) is -3.86. The molecule has 4 N–H and O–H groups in total. The largest absolute Gasteiger partial charge is 0.490 e. The summed E-state index contributed by atoms with van der Waals surface area (Å²) in [5.74, 6) is -1.15. The Kier molecular flexibility index (Phi) is 8.65. The van der Waals surface area contributed by atoms with Crippen LogP contribution >= 0.6 is 39.0 Å². The van der Waals surface area contributed by atoms with Gasteiger partial charge in [-0.3, -0.25) is 24.1 Å². The predicted molar refractivity (Wildman–Crippen MR) is 195 cm³/mol. The maximum Gasteiger partial charge on any atom is 0.305 e. The van der Waals surface area contributed by atoms with E-state index >= 15 is 0 Å². The molecule has 16 heteroatoms. The third-order valence-corrected chi connectivity index (χ3v) is 14.3. The fourth-order valence-corrected chi connectivity index (χ4v) is 12.1. The molecule has 0 spiro atoms. The highest BCUT2D eigenvalue weighted by Crippen LogP contribution is 2.68. The number of halogens is 1. The number of thiazole rings is 1. The van der Waals surface area contributed by atoms with Crippen molar-refractivity contribution in [2.45, 2.75) is 34.4 Å². The normalized spacial score (nSPS) is 26.1. The summed E-state index contributed by atoms with van der Waals surface area (Å²) in [5.41, 5.74) is 1.84. The van der Waals surface area contributed by atoms with E-state index in [0.29, 0.717) is 29.5 Å². The molecule has 3 amide bonds. The number of rotatable bonds is 9. The summed E-state index contributed by atoms with van der Waals surface area (Å²) < 4.78 is 35.8. The van der Waals surface area contributed by atoms with Crippen LogP contribution in [0, 0.1) is 29.6 Å². The topological polar surface area (TPSA) is 178 Å². The molecule has 8 rings (SSSR count). The molecule has 3 aromatic carbocycles. The number of sulfonamides is 1. The molecule has 7 atom stereocenters. The third kappa shape index (κ3) is 5.90. The average Bonchev–Trinajstić information content (AvgIpc) is 3.83. The molecule has 12 nitrogen and oxygen atoms in total. The van der Waals surface area contributed by atoms with E-state index in [0.717, 1.165) is 26.4 Å². The summed E-state index contributed by atoms with van der Waals surface area (Å²) in [6.07, 6.45) is 0.762. The zero-order valence-electron chi connectivity index (χ0n) is 26.9. The Morgan fingerprint density at radius 2 is 1.69 bits per heavy atom. The summed E-state index contributed by atoms with van der Waals surface area (Å²) >= 11 is 6.23. The number of nitrogens with one attached hydrogen (secondary N) is 2. The van der Waals surface area contributed by atoms with E-state index in [1.807, 2.05) is 31.2 Å². The number of carbonyl (C=O) groups excluding carboxylic acids is 3. The minimum absolute atomic E-state index is 0.00510. The first kappa shape index (κ1) is 34.1. The van der Waals surface area contributed by atoms with Gasteiger partial charge in [0.2, 0.25) is 21.8 Å². The highest BCUT2D eigenvalue weighted by molar-refractivity contribution is 9.10. The number of nitrogens with zero attached hydrogens (tertiary/aromatic N) is 1. The van der Waals surface area contributed by atoms with E-state index in [1.165, 1.54) is 40.5 Å². The van der Waals surface area contributed by atoms with Crippen molar-refractivity contribution < 1.29 is 32.3 Å². The number of carbonyl (C=O) groups is 3. The molecule has 0 unspecified atom stereocenters. The Labute approximate surface area is 309 Å². The molecule has 4 aromatic rings. The first-order chi connectivity index (χ1) is 24.4. The summed E-state index contributed by atoms with van der Waals surface area (Å²) in [6.45, 7) is 1.82. The summed E-state index contributed by atoms with van der Waals surface area (Å²) in [4.78, 5) is 58.5. The van der Waals surface area contributed by atoms with Gasteiger partial charge in [-0.2, -0.15) is 0 Å². The Hall–Kier alpha value is -3.96. The molecule has 4 aliphatic rings. The first-order valence-corrected chi connectivity index (χ1v) is 20.3. The van der Waals surface area contributed by atoms with Gasteiger partial charge in [-0.15, -0.1) is 11.8 Å². The number of H-pyrrole nitrogens is 1. The zero-order valence-corrected chi connectivity index (χ0v) is 30.9. The Bertz CT molecular complexity index is 2240. The smallest absolute Gasteiger partial charge is 0.305 e. The molecule has 264 valence electrons. The van der Waals surface area contributed by atoms with Gasteiger partial charge in [0.1, 0.15) is 0 Å².